The van der Waals surface area contributed by atoms with Crippen molar-refractivity contribution in [3.63, 3.8) is 0 Å². The molecule has 0 heterocycles. The SMILES string of the molecule is COC1(CC(=O)N(CC(=O)O)Cc2ccc(C(F)(F)F)cc2)CCC1. The van der Waals surface area contributed by atoms with E-state index in [1.54, 1.807) is 0 Å². The average Bonchev–Trinajstić information content (AvgIpc) is 2.49. The van der Waals surface area contributed by atoms with Crippen molar-refractivity contribution in [2.75, 3.05) is 13.7 Å². The number of hydrogen-bond acceptors (Lipinski definition) is 3. The number of hydrogen-bond donors (Lipinski definition) is 1. The van der Waals surface area contributed by atoms with E-state index in [4.69, 9.17) is 9.84 Å². The van der Waals surface area contributed by atoms with Crippen LogP contribution in [-0.2, 0) is 27.0 Å². The highest BCUT2D eigenvalue weighted by Crippen LogP contribution is 2.38. The van der Waals surface area contributed by atoms with Gasteiger partial charge in [-0.3, -0.25) is 9.59 Å². The number of amides is 1. The van der Waals surface area contributed by atoms with Crippen LogP contribution < -0.4 is 0 Å². The zero-order valence-corrected chi connectivity index (χ0v) is 13.8. The lowest BCUT2D eigenvalue weighted by Gasteiger charge is -2.41. The summed E-state index contributed by atoms with van der Waals surface area (Å²) in [4.78, 5) is 24.6. The molecule has 1 N–H and O–H groups in total. The Bertz CT molecular complexity index is 618. The predicted molar refractivity (Wildman–Crippen MR) is 82.7 cm³/mol. The maximum Gasteiger partial charge on any atom is 0.416 e. The highest BCUT2D eigenvalue weighted by molar-refractivity contribution is 5.82. The lowest BCUT2D eigenvalue weighted by molar-refractivity contribution is -0.151. The van der Waals surface area contributed by atoms with Gasteiger partial charge in [0.05, 0.1) is 17.6 Å². The fraction of sp³-hybridized carbons (Fsp3) is 0.529. The molecule has 1 aliphatic carbocycles. The molecule has 0 radical (unpaired) electrons. The summed E-state index contributed by atoms with van der Waals surface area (Å²) in [6, 6.07) is 4.34. The predicted octanol–water partition coefficient (Wildman–Crippen LogP) is 3.08. The van der Waals surface area contributed by atoms with E-state index in [0.717, 1.165) is 36.3 Å². The molecule has 0 unspecified atom stereocenters. The largest absolute Gasteiger partial charge is 0.480 e. The van der Waals surface area contributed by atoms with Gasteiger partial charge in [-0.15, -0.1) is 0 Å². The van der Waals surface area contributed by atoms with Crippen LogP contribution >= 0.6 is 0 Å². The number of carbonyl (C=O) groups is 2. The number of ether oxygens (including phenoxy) is 1. The number of carbonyl (C=O) groups excluding carboxylic acids is 1. The molecule has 1 aromatic carbocycles. The van der Waals surface area contributed by atoms with Crippen LogP contribution in [0.4, 0.5) is 13.2 Å². The molecule has 0 saturated heterocycles. The van der Waals surface area contributed by atoms with Crippen LogP contribution in [0.2, 0.25) is 0 Å². The second-order valence-electron chi connectivity index (χ2n) is 6.26. The standard InChI is InChI=1S/C17H20F3NO4/c1-25-16(7-2-8-16)9-14(22)21(11-15(23)24)10-12-3-5-13(6-4-12)17(18,19)20/h3-6H,2,7-11H2,1H3,(H,23,24). The van der Waals surface area contributed by atoms with E-state index in [1.807, 2.05) is 0 Å². The number of nitrogens with zero attached hydrogens (tertiary/aromatic N) is 1. The molecule has 0 spiro atoms. The third-order valence-electron chi connectivity index (χ3n) is 4.50. The first-order valence-electron chi connectivity index (χ1n) is 7.86. The van der Waals surface area contributed by atoms with Gasteiger partial charge in [-0.25, -0.2) is 0 Å². The summed E-state index contributed by atoms with van der Waals surface area (Å²) in [6.07, 6.45) is -1.96. The van der Waals surface area contributed by atoms with Crippen molar-refractivity contribution in [1.82, 2.24) is 4.90 Å². The summed E-state index contributed by atoms with van der Waals surface area (Å²) in [5.74, 6) is -1.57. The van der Waals surface area contributed by atoms with Crippen molar-refractivity contribution < 1.29 is 32.6 Å². The van der Waals surface area contributed by atoms with Crippen molar-refractivity contribution in [3.05, 3.63) is 35.4 Å². The summed E-state index contributed by atoms with van der Waals surface area (Å²) in [5.41, 5.74) is -0.906. The Labute approximate surface area is 143 Å². The molecule has 1 amide bonds. The average molecular weight is 359 g/mol. The second kappa shape index (κ2) is 7.43. The molecule has 0 aliphatic heterocycles. The van der Waals surface area contributed by atoms with Crippen LogP contribution in [0.3, 0.4) is 0 Å². The summed E-state index contributed by atoms with van der Waals surface area (Å²) >= 11 is 0. The molecule has 0 aromatic heterocycles. The van der Waals surface area contributed by atoms with Crippen LogP contribution in [0.5, 0.6) is 0 Å². The molecule has 0 bridgehead atoms. The summed E-state index contributed by atoms with van der Waals surface area (Å²) in [5, 5.41) is 9.01. The van der Waals surface area contributed by atoms with Crippen molar-refractivity contribution in [2.24, 2.45) is 0 Å². The zero-order chi connectivity index (χ0) is 18.7. The van der Waals surface area contributed by atoms with Crippen LogP contribution in [0.1, 0.15) is 36.8 Å². The number of carboxylic acids is 1. The van der Waals surface area contributed by atoms with Gasteiger partial charge in [-0.05, 0) is 37.0 Å². The van der Waals surface area contributed by atoms with Gasteiger partial charge < -0.3 is 14.7 Å². The maximum absolute atomic E-state index is 12.6. The quantitative estimate of drug-likeness (QED) is 0.812. The normalized spacial score (nSPS) is 16.2. The lowest BCUT2D eigenvalue weighted by atomic mass is 9.77. The minimum absolute atomic E-state index is 0.0664. The zero-order valence-electron chi connectivity index (χ0n) is 13.8. The van der Waals surface area contributed by atoms with Crippen LogP contribution in [-0.4, -0.2) is 41.1 Å². The molecule has 5 nitrogen and oxygen atoms in total. The molecular formula is C17H20F3NO4. The van der Waals surface area contributed by atoms with Gasteiger partial charge in [0, 0.05) is 13.7 Å². The first kappa shape index (κ1) is 19.2. The van der Waals surface area contributed by atoms with E-state index in [1.165, 1.54) is 19.2 Å². The minimum atomic E-state index is -4.44. The fourth-order valence-corrected chi connectivity index (χ4v) is 2.83. The Morgan fingerprint density at radius 3 is 2.24 bits per heavy atom. The van der Waals surface area contributed by atoms with Crippen LogP contribution in [0.15, 0.2) is 24.3 Å². The number of alkyl halides is 3. The molecule has 8 heteroatoms. The third kappa shape index (κ3) is 4.94. The first-order valence-corrected chi connectivity index (χ1v) is 7.86. The topological polar surface area (TPSA) is 66.8 Å². The smallest absolute Gasteiger partial charge is 0.416 e. The minimum Gasteiger partial charge on any atom is -0.480 e. The van der Waals surface area contributed by atoms with Crippen molar-refractivity contribution in [2.45, 2.75) is 44.0 Å². The fourth-order valence-electron chi connectivity index (χ4n) is 2.83. The molecular weight excluding hydrogens is 339 g/mol. The van der Waals surface area contributed by atoms with E-state index in [0.29, 0.717) is 5.56 Å². The lowest BCUT2D eigenvalue weighted by Crippen LogP contribution is -2.46. The second-order valence-corrected chi connectivity index (χ2v) is 6.26. The molecule has 25 heavy (non-hydrogen) atoms. The Balaban J connectivity index is 2.09. The summed E-state index contributed by atoms with van der Waals surface area (Å²) < 4.78 is 43.2. The molecule has 1 aromatic rings. The van der Waals surface area contributed by atoms with Gasteiger partial charge in [-0.1, -0.05) is 12.1 Å². The van der Waals surface area contributed by atoms with Crippen molar-refractivity contribution in [1.29, 1.82) is 0 Å². The van der Waals surface area contributed by atoms with E-state index < -0.39 is 29.9 Å². The number of halogens is 3. The monoisotopic (exact) mass is 359 g/mol. The van der Waals surface area contributed by atoms with Crippen LogP contribution in [0.25, 0.3) is 0 Å². The van der Waals surface area contributed by atoms with E-state index in [9.17, 15) is 22.8 Å². The Kier molecular flexibility index (Phi) is 5.72. The highest BCUT2D eigenvalue weighted by Gasteiger charge is 2.40. The number of carboxylic acid groups (broad SMARTS) is 1. The third-order valence-corrected chi connectivity index (χ3v) is 4.50. The van der Waals surface area contributed by atoms with Gasteiger partial charge >= 0.3 is 12.1 Å². The first-order chi connectivity index (χ1) is 11.6. The Morgan fingerprint density at radius 2 is 1.84 bits per heavy atom. The van der Waals surface area contributed by atoms with Gasteiger partial charge in [0.2, 0.25) is 5.91 Å². The van der Waals surface area contributed by atoms with E-state index in [-0.39, 0.29) is 18.9 Å². The number of methoxy groups -OCH3 is 1. The molecule has 1 fully saturated rings. The van der Waals surface area contributed by atoms with Gasteiger partial charge in [0.25, 0.3) is 0 Å². The Hall–Kier alpha value is -2.09. The molecule has 1 aliphatic rings. The molecule has 138 valence electrons. The van der Waals surface area contributed by atoms with Gasteiger partial charge in [0.1, 0.15) is 6.54 Å². The highest BCUT2D eigenvalue weighted by atomic mass is 19.4. The van der Waals surface area contributed by atoms with Crippen LogP contribution in [0, 0.1) is 0 Å². The number of aliphatic carboxylic acids is 1. The Morgan fingerprint density at radius 1 is 1.24 bits per heavy atom. The van der Waals surface area contributed by atoms with E-state index >= 15 is 0 Å². The van der Waals surface area contributed by atoms with Gasteiger partial charge in [0.15, 0.2) is 0 Å². The number of rotatable bonds is 7. The van der Waals surface area contributed by atoms with Crippen molar-refractivity contribution in [3.8, 4) is 0 Å². The number of benzene rings is 1. The molecule has 2 rings (SSSR count). The maximum atomic E-state index is 12.6. The molecule has 1 saturated carbocycles. The summed E-state index contributed by atoms with van der Waals surface area (Å²) in [6.45, 7) is -0.581. The van der Waals surface area contributed by atoms with E-state index in [2.05, 4.69) is 0 Å². The summed E-state index contributed by atoms with van der Waals surface area (Å²) in [7, 11) is 1.52. The van der Waals surface area contributed by atoms with Gasteiger partial charge in [-0.2, -0.15) is 13.2 Å². The van der Waals surface area contributed by atoms with Crippen molar-refractivity contribution >= 4 is 11.9 Å². The molecule has 0 atom stereocenters.